The summed E-state index contributed by atoms with van der Waals surface area (Å²) < 4.78 is 0. The molecule has 0 aromatic carbocycles. The van der Waals surface area contributed by atoms with Crippen molar-refractivity contribution in [3.05, 3.63) is 12.3 Å². The summed E-state index contributed by atoms with van der Waals surface area (Å²) in [5.41, 5.74) is 1.25. The summed E-state index contributed by atoms with van der Waals surface area (Å²) in [6, 6.07) is 0. The molecule has 1 rings (SSSR count). The summed E-state index contributed by atoms with van der Waals surface area (Å²) >= 11 is 0. The van der Waals surface area contributed by atoms with E-state index in [1.807, 2.05) is 0 Å². The summed E-state index contributed by atoms with van der Waals surface area (Å²) in [6.45, 7) is 14.8. The predicted molar refractivity (Wildman–Crippen MR) is 100.0 cm³/mol. The smallest absolute Gasteiger partial charge is 0.0143 e. The van der Waals surface area contributed by atoms with Gasteiger partial charge in [-0.25, -0.2) is 0 Å². The fourth-order valence-corrected chi connectivity index (χ4v) is 4.20. The Morgan fingerprint density at radius 1 is 1.05 bits per heavy atom. The van der Waals surface area contributed by atoms with Crippen molar-refractivity contribution in [2.45, 2.75) is 91.9 Å². The highest BCUT2D eigenvalue weighted by Crippen LogP contribution is 2.41. The molecule has 1 heteroatoms. The molecule has 130 valence electrons. The molecule has 1 aliphatic rings. The molecule has 1 saturated carbocycles. The summed E-state index contributed by atoms with van der Waals surface area (Å²) in [5, 5.41) is 3.45. The Hall–Kier alpha value is -0.460. The number of hydrogen-bond donors (Lipinski definition) is 1. The first-order valence-electron chi connectivity index (χ1n) is 10.00. The highest BCUT2D eigenvalue weighted by molar-refractivity contribution is 4.90. The molecule has 1 N–H and O–H groups in total. The van der Waals surface area contributed by atoms with Crippen molar-refractivity contribution in [2.24, 2.45) is 23.7 Å². The van der Waals surface area contributed by atoms with Gasteiger partial charge in [-0.1, -0.05) is 66.4 Å². The maximum Gasteiger partial charge on any atom is 0.0143 e. The zero-order valence-electron chi connectivity index (χ0n) is 15.8. The largest absolute Gasteiger partial charge is 0.389 e. The van der Waals surface area contributed by atoms with Gasteiger partial charge in [0.25, 0.3) is 0 Å². The second-order valence-corrected chi connectivity index (χ2v) is 7.83. The van der Waals surface area contributed by atoms with E-state index in [1.165, 1.54) is 69.9 Å². The fourth-order valence-electron chi connectivity index (χ4n) is 4.20. The van der Waals surface area contributed by atoms with Crippen LogP contribution >= 0.6 is 0 Å². The van der Waals surface area contributed by atoms with E-state index in [0.29, 0.717) is 0 Å². The predicted octanol–water partition coefficient (Wildman–Crippen LogP) is 6.55. The van der Waals surface area contributed by atoms with E-state index in [1.54, 1.807) is 0 Å². The van der Waals surface area contributed by atoms with Crippen LogP contribution in [0.15, 0.2) is 12.3 Å². The molecule has 1 aliphatic carbocycles. The van der Waals surface area contributed by atoms with E-state index in [4.69, 9.17) is 0 Å². The molecule has 0 saturated heterocycles. The van der Waals surface area contributed by atoms with Gasteiger partial charge < -0.3 is 5.32 Å². The average molecular weight is 308 g/mol. The molecular weight excluding hydrogens is 266 g/mol. The van der Waals surface area contributed by atoms with Gasteiger partial charge in [0.1, 0.15) is 0 Å². The topological polar surface area (TPSA) is 12.0 Å². The number of allylic oxidation sites excluding steroid dienone is 1. The molecule has 1 fully saturated rings. The van der Waals surface area contributed by atoms with Gasteiger partial charge in [0, 0.05) is 12.2 Å². The van der Waals surface area contributed by atoms with Crippen LogP contribution < -0.4 is 5.32 Å². The van der Waals surface area contributed by atoms with Crippen LogP contribution in [0.5, 0.6) is 0 Å². The minimum absolute atomic E-state index is 0.936. The number of hydrogen-bond acceptors (Lipinski definition) is 1. The van der Waals surface area contributed by atoms with E-state index in [2.05, 4.69) is 39.6 Å². The van der Waals surface area contributed by atoms with Gasteiger partial charge >= 0.3 is 0 Å². The highest BCUT2D eigenvalue weighted by atomic mass is 14.9. The van der Waals surface area contributed by atoms with Crippen LogP contribution in [0, 0.1) is 23.7 Å². The number of nitrogens with one attached hydrogen (secondary N) is 1. The minimum Gasteiger partial charge on any atom is -0.389 e. The number of rotatable bonds is 11. The van der Waals surface area contributed by atoms with E-state index in [9.17, 15) is 0 Å². The Labute approximate surface area is 140 Å². The third-order valence-electron chi connectivity index (χ3n) is 6.00. The summed E-state index contributed by atoms with van der Waals surface area (Å²) in [4.78, 5) is 0. The molecule has 0 aliphatic heterocycles. The van der Waals surface area contributed by atoms with E-state index in [-0.39, 0.29) is 0 Å². The van der Waals surface area contributed by atoms with Gasteiger partial charge in [-0.2, -0.15) is 0 Å². The van der Waals surface area contributed by atoms with Crippen molar-refractivity contribution in [1.82, 2.24) is 5.32 Å². The second kappa shape index (κ2) is 11.1. The second-order valence-electron chi connectivity index (χ2n) is 7.83. The van der Waals surface area contributed by atoms with Gasteiger partial charge in [-0.05, 0) is 55.8 Å². The van der Waals surface area contributed by atoms with Gasteiger partial charge in [-0.3, -0.25) is 0 Å². The normalized spacial score (nSPS) is 28.5. The summed E-state index contributed by atoms with van der Waals surface area (Å²) in [7, 11) is 0. The van der Waals surface area contributed by atoms with Crippen LogP contribution in [-0.2, 0) is 0 Å². The molecule has 0 bridgehead atoms. The zero-order valence-corrected chi connectivity index (χ0v) is 15.8. The Balaban J connectivity index is 2.08. The Bertz CT molecular complexity index is 296. The van der Waals surface area contributed by atoms with Crippen LogP contribution in [0.3, 0.4) is 0 Å². The van der Waals surface area contributed by atoms with Gasteiger partial charge in [0.05, 0.1) is 0 Å². The van der Waals surface area contributed by atoms with Crippen LogP contribution in [0.1, 0.15) is 91.9 Å². The molecule has 0 heterocycles. The van der Waals surface area contributed by atoms with Crippen LogP contribution in [0.25, 0.3) is 0 Å². The molecule has 4 atom stereocenters. The SMILES string of the molecule is C=C(CCCCCC1CC(C)C(C)C(CC)C1)NCCCC. The third-order valence-corrected chi connectivity index (χ3v) is 6.00. The lowest BCUT2D eigenvalue weighted by Crippen LogP contribution is -2.29. The van der Waals surface area contributed by atoms with Gasteiger partial charge in [-0.15, -0.1) is 0 Å². The van der Waals surface area contributed by atoms with Gasteiger partial charge in [0.15, 0.2) is 0 Å². The molecule has 0 radical (unpaired) electrons. The van der Waals surface area contributed by atoms with Crippen molar-refractivity contribution in [3.63, 3.8) is 0 Å². The zero-order chi connectivity index (χ0) is 16.4. The first-order chi connectivity index (χ1) is 10.6. The highest BCUT2D eigenvalue weighted by Gasteiger charge is 2.31. The summed E-state index contributed by atoms with van der Waals surface area (Å²) in [6.07, 6.45) is 13.6. The van der Waals surface area contributed by atoms with Crippen molar-refractivity contribution < 1.29 is 0 Å². The molecule has 0 amide bonds. The molecule has 4 unspecified atom stereocenters. The monoisotopic (exact) mass is 307 g/mol. The van der Waals surface area contributed by atoms with E-state index in [0.717, 1.165) is 30.2 Å². The molecule has 22 heavy (non-hydrogen) atoms. The quantitative estimate of drug-likeness (QED) is 0.427. The first-order valence-corrected chi connectivity index (χ1v) is 10.00. The standard InChI is InChI=1S/C21H41N/c1-6-8-14-22-18(4)12-10-9-11-13-20-15-17(3)19(5)21(7-2)16-20/h17,19-22H,4,6-16H2,1-3,5H3. The Morgan fingerprint density at radius 2 is 1.82 bits per heavy atom. The molecule has 0 aromatic heterocycles. The minimum atomic E-state index is 0.936. The molecule has 1 nitrogen and oxygen atoms in total. The first kappa shape index (κ1) is 19.6. The maximum atomic E-state index is 4.14. The fraction of sp³-hybridized carbons (Fsp3) is 0.905. The Kier molecular flexibility index (Phi) is 9.91. The molecule has 0 aromatic rings. The van der Waals surface area contributed by atoms with E-state index < -0.39 is 0 Å². The number of unbranched alkanes of at least 4 members (excludes halogenated alkanes) is 3. The van der Waals surface area contributed by atoms with Crippen LogP contribution in [-0.4, -0.2) is 6.54 Å². The van der Waals surface area contributed by atoms with Crippen molar-refractivity contribution in [1.29, 1.82) is 0 Å². The van der Waals surface area contributed by atoms with Crippen molar-refractivity contribution >= 4 is 0 Å². The lowest BCUT2D eigenvalue weighted by atomic mass is 9.67. The Morgan fingerprint density at radius 3 is 2.50 bits per heavy atom. The lowest BCUT2D eigenvalue weighted by Gasteiger charge is -2.38. The van der Waals surface area contributed by atoms with E-state index >= 15 is 0 Å². The van der Waals surface area contributed by atoms with Crippen LogP contribution in [0.4, 0.5) is 0 Å². The van der Waals surface area contributed by atoms with Crippen LogP contribution in [0.2, 0.25) is 0 Å². The van der Waals surface area contributed by atoms with Gasteiger partial charge in [0.2, 0.25) is 0 Å². The molecular formula is C21H41N. The van der Waals surface area contributed by atoms with Crippen molar-refractivity contribution in [3.8, 4) is 0 Å². The lowest BCUT2D eigenvalue weighted by molar-refractivity contribution is 0.119. The average Bonchev–Trinajstić information content (AvgIpc) is 2.50. The summed E-state index contributed by atoms with van der Waals surface area (Å²) in [5.74, 6) is 3.86. The van der Waals surface area contributed by atoms with Crippen molar-refractivity contribution in [2.75, 3.05) is 6.54 Å². The maximum absolute atomic E-state index is 4.14. The third kappa shape index (κ3) is 7.20. The molecule has 0 spiro atoms.